The molecule has 0 radical (unpaired) electrons. The molecule has 1 aliphatic rings. The van der Waals surface area contributed by atoms with Crippen molar-refractivity contribution in [3.05, 3.63) is 18.2 Å². The molecule has 3 N–H and O–H groups in total. The second-order valence-electron chi connectivity index (χ2n) is 4.43. The number of hydrogen-bond donors (Lipinski definition) is 3. The van der Waals surface area contributed by atoms with E-state index in [1.165, 1.54) is 25.1 Å². The minimum atomic E-state index is -3.72. The highest BCUT2D eigenvalue weighted by atomic mass is 19.3. The highest BCUT2D eigenvalue weighted by Gasteiger charge is 2.43. The number of aliphatic carboxylic acids is 1. The lowest BCUT2D eigenvalue weighted by molar-refractivity contribution is -0.286. The van der Waals surface area contributed by atoms with Gasteiger partial charge in [0, 0.05) is 17.8 Å². The summed E-state index contributed by atoms with van der Waals surface area (Å²) in [5, 5.41) is 13.3. The molecule has 114 valence electrons. The van der Waals surface area contributed by atoms with Crippen LogP contribution in [-0.4, -0.2) is 29.4 Å². The molecule has 21 heavy (non-hydrogen) atoms. The summed E-state index contributed by atoms with van der Waals surface area (Å²) in [6.45, 7) is 1.52. The Morgan fingerprint density at radius 2 is 2.00 bits per heavy atom. The Bertz CT molecular complexity index is 579. The number of nitrogens with one attached hydrogen (secondary N) is 2. The van der Waals surface area contributed by atoms with Crippen LogP contribution in [0.2, 0.25) is 0 Å². The van der Waals surface area contributed by atoms with Crippen molar-refractivity contribution in [1.82, 2.24) is 5.32 Å². The number of carbonyl (C=O) groups is 2. The molecule has 1 aromatic rings. The standard InChI is InChI=1S/C12H12F2N2O5/c1-6(4-10(17)18)15-11(19)16-7-2-3-8-9(5-7)21-12(13,14)20-8/h2-3,5-6H,4H2,1H3,(H,17,18)(H2,15,16,19). The average molecular weight is 302 g/mol. The van der Waals surface area contributed by atoms with Crippen LogP contribution in [0, 0.1) is 0 Å². The van der Waals surface area contributed by atoms with Crippen LogP contribution < -0.4 is 20.1 Å². The summed E-state index contributed by atoms with van der Waals surface area (Å²) in [4.78, 5) is 22.1. The molecule has 7 nitrogen and oxygen atoms in total. The van der Waals surface area contributed by atoms with Gasteiger partial charge in [-0.3, -0.25) is 4.79 Å². The van der Waals surface area contributed by atoms with Gasteiger partial charge >= 0.3 is 18.3 Å². The smallest absolute Gasteiger partial charge is 0.481 e. The van der Waals surface area contributed by atoms with Crippen LogP contribution in [0.15, 0.2) is 18.2 Å². The number of alkyl halides is 2. The number of urea groups is 1. The van der Waals surface area contributed by atoms with Crippen molar-refractivity contribution in [1.29, 1.82) is 0 Å². The molecule has 1 atom stereocenters. The van der Waals surface area contributed by atoms with Crippen LogP contribution in [0.5, 0.6) is 11.5 Å². The van der Waals surface area contributed by atoms with Gasteiger partial charge in [-0.25, -0.2) is 4.79 Å². The first-order valence-corrected chi connectivity index (χ1v) is 5.94. The van der Waals surface area contributed by atoms with Crippen LogP contribution in [0.3, 0.4) is 0 Å². The molecule has 2 rings (SSSR count). The summed E-state index contributed by atoms with van der Waals surface area (Å²) in [6, 6.07) is 2.52. The molecule has 0 bridgehead atoms. The van der Waals surface area contributed by atoms with Crippen LogP contribution >= 0.6 is 0 Å². The van der Waals surface area contributed by atoms with E-state index in [0.717, 1.165) is 0 Å². The lowest BCUT2D eigenvalue weighted by atomic mass is 10.2. The molecule has 0 aromatic heterocycles. The Morgan fingerprint density at radius 3 is 2.67 bits per heavy atom. The molecule has 2 amide bonds. The van der Waals surface area contributed by atoms with Gasteiger partial charge in [0.2, 0.25) is 0 Å². The van der Waals surface area contributed by atoms with Crippen LogP contribution in [0.1, 0.15) is 13.3 Å². The number of carboxylic acids is 1. The first-order chi connectivity index (χ1) is 9.75. The van der Waals surface area contributed by atoms with E-state index in [9.17, 15) is 18.4 Å². The minimum Gasteiger partial charge on any atom is -0.481 e. The Labute approximate surface area is 117 Å². The van der Waals surface area contributed by atoms with Gasteiger partial charge in [0.1, 0.15) is 0 Å². The lowest BCUT2D eigenvalue weighted by Gasteiger charge is -2.12. The predicted molar refractivity (Wildman–Crippen MR) is 66.5 cm³/mol. The van der Waals surface area contributed by atoms with Gasteiger partial charge in [-0.15, -0.1) is 8.78 Å². The SMILES string of the molecule is CC(CC(=O)O)NC(=O)Nc1ccc2c(c1)OC(F)(F)O2. The summed E-state index contributed by atoms with van der Waals surface area (Å²) in [6.07, 6.45) is -3.96. The Balaban J connectivity index is 1.95. The third kappa shape index (κ3) is 3.94. The molecule has 1 aliphatic heterocycles. The first kappa shape index (κ1) is 14.8. The molecule has 9 heteroatoms. The maximum absolute atomic E-state index is 12.8. The van der Waals surface area contributed by atoms with E-state index in [4.69, 9.17) is 5.11 Å². The van der Waals surface area contributed by atoms with Crippen LogP contribution in [0.25, 0.3) is 0 Å². The largest absolute Gasteiger partial charge is 0.586 e. The third-order valence-electron chi connectivity index (χ3n) is 2.52. The van der Waals surface area contributed by atoms with Crippen molar-refractivity contribution in [2.24, 2.45) is 0 Å². The highest BCUT2D eigenvalue weighted by Crippen LogP contribution is 2.42. The van der Waals surface area contributed by atoms with Gasteiger partial charge in [0.25, 0.3) is 0 Å². The van der Waals surface area contributed by atoms with Gasteiger partial charge in [-0.05, 0) is 19.1 Å². The minimum absolute atomic E-state index is 0.134. The van der Waals surface area contributed by atoms with Gasteiger partial charge in [-0.1, -0.05) is 0 Å². The summed E-state index contributed by atoms with van der Waals surface area (Å²) in [5.74, 6) is -1.38. The van der Waals surface area contributed by atoms with Crippen LogP contribution in [0.4, 0.5) is 19.3 Å². The van der Waals surface area contributed by atoms with E-state index in [-0.39, 0.29) is 23.6 Å². The lowest BCUT2D eigenvalue weighted by Crippen LogP contribution is -2.37. The molecular formula is C12H12F2N2O5. The van der Waals surface area contributed by atoms with Crippen molar-refractivity contribution < 1.29 is 33.0 Å². The fourth-order valence-corrected chi connectivity index (χ4v) is 1.73. The monoisotopic (exact) mass is 302 g/mol. The second-order valence-corrected chi connectivity index (χ2v) is 4.43. The number of halogens is 2. The number of rotatable bonds is 4. The number of carbonyl (C=O) groups excluding carboxylic acids is 1. The second kappa shape index (κ2) is 5.43. The Hall–Kier alpha value is -2.58. The number of hydrogen-bond acceptors (Lipinski definition) is 4. The maximum atomic E-state index is 12.8. The summed E-state index contributed by atoms with van der Waals surface area (Å²) >= 11 is 0. The molecule has 0 fully saturated rings. The zero-order chi connectivity index (χ0) is 15.6. The number of fused-ring (bicyclic) bond motifs is 1. The molecule has 0 spiro atoms. The quantitative estimate of drug-likeness (QED) is 0.790. The van der Waals surface area contributed by atoms with Crippen molar-refractivity contribution in [3.63, 3.8) is 0 Å². The number of carboxylic acid groups (broad SMARTS) is 1. The van der Waals surface area contributed by atoms with E-state index in [1.807, 2.05) is 0 Å². The van der Waals surface area contributed by atoms with Gasteiger partial charge in [0.15, 0.2) is 11.5 Å². The van der Waals surface area contributed by atoms with E-state index in [1.54, 1.807) is 0 Å². The summed E-state index contributed by atoms with van der Waals surface area (Å²) < 4.78 is 34.1. The predicted octanol–water partition coefficient (Wildman–Crippen LogP) is 1.99. The Kier molecular flexibility index (Phi) is 3.83. The molecule has 1 heterocycles. The van der Waals surface area contributed by atoms with Crippen molar-refractivity contribution in [2.45, 2.75) is 25.7 Å². The van der Waals surface area contributed by atoms with Crippen LogP contribution in [-0.2, 0) is 4.79 Å². The van der Waals surface area contributed by atoms with Crippen molar-refractivity contribution in [2.75, 3.05) is 5.32 Å². The van der Waals surface area contributed by atoms with E-state index in [2.05, 4.69) is 20.1 Å². The van der Waals surface area contributed by atoms with E-state index < -0.39 is 24.3 Å². The molecule has 1 aromatic carbocycles. The number of anilines is 1. The van der Waals surface area contributed by atoms with Gasteiger partial charge in [0.05, 0.1) is 6.42 Å². The number of ether oxygens (including phenoxy) is 2. The maximum Gasteiger partial charge on any atom is 0.586 e. The topological polar surface area (TPSA) is 96.9 Å². The van der Waals surface area contributed by atoms with Gasteiger partial charge < -0.3 is 25.2 Å². The number of amides is 2. The third-order valence-corrected chi connectivity index (χ3v) is 2.52. The zero-order valence-electron chi connectivity index (χ0n) is 10.9. The average Bonchev–Trinajstić information content (AvgIpc) is 2.60. The van der Waals surface area contributed by atoms with Crippen molar-refractivity contribution >= 4 is 17.7 Å². The molecule has 0 saturated carbocycles. The molecule has 0 saturated heterocycles. The summed E-state index contributed by atoms with van der Waals surface area (Å²) in [5.41, 5.74) is 0.204. The normalized spacial score (nSPS) is 16.1. The molecule has 0 aliphatic carbocycles. The van der Waals surface area contributed by atoms with E-state index in [0.29, 0.717) is 0 Å². The Morgan fingerprint density at radius 1 is 1.33 bits per heavy atom. The first-order valence-electron chi connectivity index (χ1n) is 5.94. The van der Waals surface area contributed by atoms with Crippen molar-refractivity contribution in [3.8, 4) is 11.5 Å². The fraction of sp³-hybridized carbons (Fsp3) is 0.333. The van der Waals surface area contributed by atoms with E-state index >= 15 is 0 Å². The zero-order valence-corrected chi connectivity index (χ0v) is 10.9. The summed E-state index contributed by atoms with van der Waals surface area (Å²) in [7, 11) is 0. The molecular weight excluding hydrogens is 290 g/mol. The number of benzene rings is 1. The molecule has 1 unspecified atom stereocenters. The van der Waals surface area contributed by atoms with Gasteiger partial charge in [-0.2, -0.15) is 0 Å². The highest BCUT2D eigenvalue weighted by molar-refractivity contribution is 5.90. The fourth-order valence-electron chi connectivity index (χ4n) is 1.73.